The second-order valence-electron chi connectivity index (χ2n) is 7.28. The quantitative estimate of drug-likeness (QED) is 0.451. The molecule has 5 heteroatoms. The van der Waals surface area contributed by atoms with Crippen LogP contribution in [0.25, 0.3) is 0 Å². The van der Waals surface area contributed by atoms with Crippen LogP contribution in [-0.2, 0) is 26.2 Å². The van der Waals surface area contributed by atoms with Crippen molar-refractivity contribution in [2.24, 2.45) is 0 Å². The van der Waals surface area contributed by atoms with Crippen molar-refractivity contribution < 1.29 is 18.5 Å². The molecule has 0 spiro atoms. The minimum Gasteiger partial charge on any atom is -0.467 e. The van der Waals surface area contributed by atoms with Gasteiger partial charge in [0.2, 0.25) is 0 Å². The maximum Gasteiger partial charge on any atom is 0.287 e. The molecule has 4 rings (SSSR count). The average Bonchev–Trinajstić information content (AvgIpc) is 3.46. The highest BCUT2D eigenvalue weighted by molar-refractivity contribution is 5.91. The molecule has 5 nitrogen and oxygen atoms in total. The molecule has 0 saturated heterocycles. The van der Waals surface area contributed by atoms with Crippen molar-refractivity contribution in [2.45, 2.75) is 26.2 Å². The maximum atomic E-state index is 12.4. The molecule has 0 aliphatic heterocycles. The summed E-state index contributed by atoms with van der Waals surface area (Å²) in [6.45, 7) is 2.77. The predicted molar refractivity (Wildman–Crippen MR) is 114 cm³/mol. The summed E-state index contributed by atoms with van der Waals surface area (Å²) in [4.78, 5) is 13.7. The average molecular weight is 401 g/mol. The molecular weight excluding hydrogens is 376 g/mol. The van der Waals surface area contributed by atoms with Gasteiger partial charge in [0, 0.05) is 11.1 Å². The number of benzene rings is 2. The Balaban J connectivity index is 1.42. The monoisotopic (exact) mass is 401 g/mol. The zero-order valence-corrected chi connectivity index (χ0v) is 16.7. The Morgan fingerprint density at radius 2 is 1.40 bits per heavy atom. The molecule has 2 aromatic heterocycles. The Bertz CT molecular complexity index is 999. The van der Waals surface area contributed by atoms with E-state index < -0.39 is 0 Å². The van der Waals surface area contributed by atoms with Gasteiger partial charge in [0.15, 0.2) is 11.5 Å². The molecule has 2 aromatic carbocycles. The first kappa shape index (κ1) is 19.7. The van der Waals surface area contributed by atoms with Crippen molar-refractivity contribution in [3.63, 3.8) is 0 Å². The van der Waals surface area contributed by atoms with Gasteiger partial charge in [-0.3, -0.25) is 4.79 Å². The fourth-order valence-corrected chi connectivity index (χ4v) is 3.47. The molecule has 0 fully saturated rings. The molecule has 0 aliphatic carbocycles. The number of hydrogen-bond acceptors (Lipinski definition) is 3. The summed E-state index contributed by atoms with van der Waals surface area (Å²) in [6.07, 6.45) is 1.59. The third kappa shape index (κ3) is 5.49. The van der Waals surface area contributed by atoms with Gasteiger partial charge in [0.1, 0.15) is 25.4 Å². The molecule has 2 heterocycles. The first-order chi connectivity index (χ1) is 14.8. The molecule has 4 aromatic rings. The predicted octanol–water partition coefficient (Wildman–Crippen LogP) is 3.59. The zero-order chi connectivity index (χ0) is 20.6. The number of amides is 1. The SMILES string of the molecule is O=C(NCc1ccco1)c1ccc(C[NH+](Cc2ccccc2)Cc2ccccc2)o1. The van der Waals surface area contributed by atoms with Gasteiger partial charge in [-0.15, -0.1) is 0 Å². The van der Waals surface area contributed by atoms with Crippen molar-refractivity contribution in [3.05, 3.63) is 120 Å². The normalized spacial score (nSPS) is 11.0. The Hall–Kier alpha value is -3.57. The Morgan fingerprint density at radius 3 is 2.00 bits per heavy atom. The highest BCUT2D eigenvalue weighted by atomic mass is 16.4. The molecule has 0 bridgehead atoms. The summed E-state index contributed by atoms with van der Waals surface area (Å²) in [5.41, 5.74) is 2.54. The third-order valence-corrected chi connectivity index (χ3v) is 4.91. The van der Waals surface area contributed by atoms with Gasteiger partial charge in [-0.1, -0.05) is 60.7 Å². The van der Waals surface area contributed by atoms with E-state index in [-0.39, 0.29) is 5.91 Å². The summed E-state index contributed by atoms with van der Waals surface area (Å²) in [6, 6.07) is 28.1. The van der Waals surface area contributed by atoms with Crippen LogP contribution in [0.2, 0.25) is 0 Å². The third-order valence-electron chi connectivity index (χ3n) is 4.91. The fraction of sp³-hybridized carbons (Fsp3) is 0.160. The first-order valence-corrected chi connectivity index (χ1v) is 10.1. The number of carbonyl (C=O) groups excluding carboxylic acids is 1. The van der Waals surface area contributed by atoms with Gasteiger partial charge in [-0.25, -0.2) is 0 Å². The molecular formula is C25H25N2O3+. The van der Waals surface area contributed by atoms with Gasteiger partial charge >= 0.3 is 0 Å². The van der Waals surface area contributed by atoms with Gasteiger partial charge in [0.25, 0.3) is 5.91 Å². The van der Waals surface area contributed by atoms with Gasteiger partial charge in [0.05, 0.1) is 12.8 Å². The van der Waals surface area contributed by atoms with Crippen LogP contribution in [0.15, 0.2) is 100 Å². The molecule has 0 saturated carbocycles. The fourth-order valence-electron chi connectivity index (χ4n) is 3.47. The van der Waals surface area contributed by atoms with E-state index in [0.29, 0.717) is 24.6 Å². The van der Waals surface area contributed by atoms with Crippen LogP contribution in [0.1, 0.15) is 33.2 Å². The summed E-state index contributed by atoms with van der Waals surface area (Å²) in [5, 5.41) is 2.81. The van der Waals surface area contributed by atoms with E-state index in [2.05, 4.69) is 53.8 Å². The molecule has 0 unspecified atom stereocenters. The van der Waals surface area contributed by atoms with E-state index in [9.17, 15) is 4.79 Å². The smallest absolute Gasteiger partial charge is 0.287 e. The summed E-state index contributed by atoms with van der Waals surface area (Å²) in [5.74, 6) is 1.57. The second-order valence-corrected chi connectivity index (χ2v) is 7.28. The minimum absolute atomic E-state index is 0.245. The van der Waals surface area contributed by atoms with E-state index in [1.807, 2.05) is 24.3 Å². The van der Waals surface area contributed by atoms with Crippen LogP contribution in [0.3, 0.4) is 0 Å². The lowest BCUT2D eigenvalue weighted by atomic mass is 10.1. The molecule has 30 heavy (non-hydrogen) atoms. The summed E-state index contributed by atoms with van der Waals surface area (Å²) in [7, 11) is 0. The van der Waals surface area contributed by atoms with Gasteiger partial charge in [-0.2, -0.15) is 0 Å². The lowest BCUT2D eigenvalue weighted by Crippen LogP contribution is -3.08. The lowest BCUT2D eigenvalue weighted by Gasteiger charge is -2.19. The number of hydrogen-bond donors (Lipinski definition) is 2. The molecule has 2 N–H and O–H groups in total. The van der Waals surface area contributed by atoms with Crippen LogP contribution >= 0.6 is 0 Å². The van der Waals surface area contributed by atoms with Crippen LogP contribution in [0, 0.1) is 0 Å². The standard InChI is InChI=1S/C25H24N2O3/c28-25(26-16-22-12-7-15-29-22)24-14-13-23(30-24)19-27(17-20-8-3-1-4-9-20)18-21-10-5-2-6-11-21/h1-15H,16-19H2,(H,26,28)/p+1. The van der Waals surface area contributed by atoms with E-state index >= 15 is 0 Å². The van der Waals surface area contributed by atoms with Crippen molar-refractivity contribution >= 4 is 5.91 Å². The molecule has 152 valence electrons. The molecule has 0 aliphatic rings. The molecule has 1 amide bonds. The van der Waals surface area contributed by atoms with Gasteiger partial charge < -0.3 is 19.1 Å². The number of quaternary nitrogens is 1. The van der Waals surface area contributed by atoms with E-state index in [0.717, 1.165) is 18.8 Å². The number of rotatable bonds is 9. The summed E-state index contributed by atoms with van der Waals surface area (Å²) < 4.78 is 11.1. The molecule has 0 atom stereocenters. The van der Waals surface area contributed by atoms with Crippen molar-refractivity contribution in [1.82, 2.24) is 5.32 Å². The Morgan fingerprint density at radius 1 is 0.733 bits per heavy atom. The van der Waals surface area contributed by atoms with Gasteiger partial charge in [-0.05, 0) is 24.3 Å². The maximum absolute atomic E-state index is 12.4. The van der Waals surface area contributed by atoms with Crippen molar-refractivity contribution in [2.75, 3.05) is 0 Å². The van der Waals surface area contributed by atoms with Crippen molar-refractivity contribution in [3.8, 4) is 0 Å². The largest absolute Gasteiger partial charge is 0.467 e. The minimum atomic E-state index is -0.245. The Labute approximate surface area is 175 Å². The number of carbonyl (C=O) groups is 1. The molecule has 0 radical (unpaired) electrons. The van der Waals surface area contributed by atoms with E-state index in [1.165, 1.54) is 16.0 Å². The van der Waals surface area contributed by atoms with Crippen LogP contribution in [-0.4, -0.2) is 5.91 Å². The van der Waals surface area contributed by atoms with Crippen molar-refractivity contribution in [1.29, 1.82) is 0 Å². The second kappa shape index (κ2) is 9.76. The first-order valence-electron chi connectivity index (χ1n) is 10.1. The topological polar surface area (TPSA) is 59.8 Å². The highest BCUT2D eigenvalue weighted by Crippen LogP contribution is 2.09. The Kier molecular flexibility index (Phi) is 6.42. The number of furan rings is 2. The van der Waals surface area contributed by atoms with E-state index in [1.54, 1.807) is 18.4 Å². The van der Waals surface area contributed by atoms with E-state index in [4.69, 9.17) is 8.83 Å². The zero-order valence-electron chi connectivity index (χ0n) is 16.7. The highest BCUT2D eigenvalue weighted by Gasteiger charge is 2.17. The van der Waals surface area contributed by atoms with Crippen LogP contribution in [0.4, 0.5) is 0 Å². The van der Waals surface area contributed by atoms with Crippen LogP contribution < -0.4 is 10.2 Å². The summed E-state index contributed by atoms with van der Waals surface area (Å²) >= 11 is 0. The lowest BCUT2D eigenvalue weighted by molar-refractivity contribution is -0.942. The number of nitrogens with one attached hydrogen (secondary N) is 2. The van der Waals surface area contributed by atoms with Crippen LogP contribution in [0.5, 0.6) is 0 Å².